The highest BCUT2D eigenvalue weighted by atomic mass is 19.1. The van der Waals surface area contributed by atoms with Crippen molar-refractivity contribution in [3.63, 3.8) is 0 Å². The number of hydrogen-bond donors (Lipinski definition) is 1. The lowest BCUT2D eigenvalue weighted by Gasteiger charge is -2.09. The van der Waals surface area contributed by atoms with E-state index in [-0.39, 0.29) is 29.4 Å². The summed E-state index contributed by atoms with van der Waals surface area (Å²) in [4.78, 5) is 23.5. The van der Waals surface area contributed by atoms with Crippen LogP contribution in [0.5, 0.6) is 0 Å². The van der Waals surface area contributed by atoms with E-state index in [1.54, 1.807) is 6.92 Å². The Hall–Kier alpha value is -3.95. The minimum absolute atomic E-state index is 0.0318. The summed E-state index contributed by atoms with van der Waals surface area (Å²) in [6.45, 7) is 0.809. The Morgan fingerprint density at radius 1 is 1.00 bits per heavy atom. The van der Waals surface area contributed by atoms with E-state index in [9.17, 15) is 32.3 Å². The molecule has 6 nitrogen and oxygen atoms in total. The van der Waals surface area contributed by atoms with E-state index in [1.807, 2.05) is 0 Å². The van der Waals surface area contributed by atoms with Crippen LogP contribution in [-0.2, 0) is 24.3 Å². The third kappa shape index (κ3) is 4.36. The number of carbonyl (C=O) groups is 1. The predicted octanol–water partition coefficient (Wildman–Crippen LogP) is 3.79. The lowest BCUT2D eigenvalue weighted by atomic mass is 10.1. The monoisotopic (exact) mass is 459 g/mol. The highest BCUT2D eigenvalue weighted by molar-refractivity contribution is 5.87. The molecule has 4 rings (SSSR count). The van der Waals surface area contributed by atoms with E-state index in [4.69, 9.17) is 0 Å². The van der Waals surface area contributed by atoms with Gasteiger partial charge in [-0.15, -0.1) is 0 Å². The molecule has 0 amide bonds. The molecule has 0 spiro atoms. The maximum absolute atomic E-state index is 14.5. The molecule has 0 bridgehead atoms. The number of rotatable bonds is 6. The number of benzene rings is 2. The zero-order valence-electron chi connectivity index (χ0n) is 17.3. The summed E-state index contributed by atoms with van der Waals surface area (Å²) >= 11 is 0. The first-order valence-corrected chi connectivity index (χ1v) is 9.83. The third-order valence-corrected chi connectivity index (χ3v) is 5.37. The van der Waals surface area contributed by atoms with Crippen molar-refractivity contribution in [2.45, 2.75) is 26.4 Å². The molecule has 10 heteroatoms. The van der Waals surface area contributed by atoms with Gasteiger partial charge >= 0.3 is 5.97 Å². The average molecular weight is 459 g/mol. The minimum atomic E-state index is -1.20. The van der Waals surface area contributed by atoms with E-state index in [1.165, 1.54) is 22.8 Å². The molecule has 2 heterocycles. The maximum atomic E-state index is 14.5. The number of carboxylic acids is 1. The van der Waals surface area contributed by atoms with Crippen molar-refractivity contribution >= 4 is 16.9 Å². The van der Waals surface area contributed by atoms with E-state index in [0.717, 1.165) is 16.8 Å². The largest absolute Gasteiger partial charge is 0.480 e. The van der Waals surface area contributed by atoms with Gasteiger partial charge in [-0.05, 0) is 30.7 Å². The topological polar surface area (TPSA) is 77.1 Å². The predicted molar refractivity (Wildman–Crippen MR) is 111 cm³/mol. The molecule has 0 fully saturated rings. The molecule has 0 unspecified atom stereocenters. The van der Waals surface area contributed by atoms with Crippen molar-refractivity contribution in [3.05, 3.63) is 98.6 Å². The van der Waals surface area contributed by atoms with Gasteiger partial charge in [0.15, 0.2) is 0 Å². The molecule has 170 valence electrons. The zero-order valence-corrected chi connectivity index (χ0v) is 17.3. The fourth-order valence-electron chi connectivity index (χ4n) is 3.84. The summed E-state index contributed by atoms with van der Waals surface area (Å²) in [5.74, 6) is -4.49. The van der Waals surface area contributed by atoms with Crippen molar-refractivity contribution in [2.24, 2.45) is 0 Å². The molecule has 2 aromatic carbocycles. The summed E-state index contributed by atoms with van der Waals surface area (Å²) in [5.41, 5.74) is 0.662. The van der Waals surface area contributed by atoms with Crippen LogP contribution in [0.15, 0.2) is 47.3 Å². The van der Waals surface area contributed by atoms with Crippen LogP contribution >= 0.6 is 0 Å². The number of halogens is 4. The second kappa shape index (κ2) is 8.53. The van der Waals surface area contributed by atoms with Crippen LogP contribution in [0.25, 0.3) is 10.9 Å². The van der Waals surface area contributed by atoms with E-state index in [2.05, 4.69) is 5.10 Å². The first-order chi connectivity index (χ1) is 15.6. The molecule has 33 heavy (non-hydrogen) atoms. The number of nitrogens with zero attached hydrogens (tertiary/aromatic N) is 3. The lowest BCUT2D eigenvalue weighted by molar-refractivity contribution is -0.137. The van der Waals surface area contributed by atoms with Gasteiger partial charge in [-0.3, -0.25) is 9.59 Å². The average Bonchev–Trinajstić information content (AvgIpc) is 2.97. The van der Waals surface area contributed by atoms with Gasteiger partial charge in [0.1, 0.15) is 29.8 Å². The van der Waals surface area contributed by atoms with Crippen molar-refractivity contribution in [2.75, 3.05) is 0 Å². The highest BCUT2D eigenvalue weighted by Crippen LogP contribution is 2.30. The Morgan fingerprint density at radius 3 is 2.42 bits per heavy atom. The van der Waals surface area contributed by atoms with E-state index in [0.29, 0.717) is 29.1 Å². The van der Waals surface area contributed by atoms with E-state index < -0.39 is 41.3 Å². The lowest BCUT2D eigenvalue weighted by Crippen LogP contribution is -2.24. The Balaban J connectivity index is 1.77. The van der Waals surface area contributed by atoms with E-state index >= 15 is 0 Å². The van der Waals surface area contributed by atoms with Crippen LogP contribution in [0.1, 0.15) is 22.5 Å². The van der Waals surface area contributed by atoms with Gasteiger partial charge in [-0.1, -0.05) is 6.07 Å². The zero-order chi connectivity index (χ0) is 23.9. The van der Waals surface area contributed by atoms with Crippen LogP contribution in [0.4, 0.5) is 17.6 Å². The fraction of sp³-hybridized carbons (Fsp3) is 0.174. The van der Waals surface area contributed by atoms with Crippen LogP contribution in [0, 0.1) is 30.2 Å². The quantitative estimate of drug-likeness (QED) is 0.445. The SMILES string of the molecule is Cc1c(Cc2ccc(=O)n(Cc3ccc(F)cc3F)n2)c2cc(F)cc(F)c2n1CC(=O)O. The summed E-state index contributed by atoms with van der Waals surface area (Å²) in [6, 6.07) is 7.42. The van der Waals surface area contributed by atoms with Gasteiger partial charge in [0.05, 0.1) is 17.8 Å². The van der Waals surface area contributed by atoms with Gasteiger partial charge in [0.25, 0.3) is 5.56 Å². The first kappa shape index (κ1) is 22.3. The van der Waals surface area contributed by atoms with Crippen molar-refractivity contribution in [1.29, 1.82) is 0 Å². The Morgan fingerprint density at radius 2 is 1.73 bits per heavy atom. The molecule has 0 atom stereocenters. The molecule has 2 aromatic heterocycles. The van der Waals surface area contributed by atoms with Crippen molar-refractivity contribution in [3.8, 4) is 0 Å². The number of aromatic nitrogens is 3. The van der Waals surface area contributed by atoms with Crippen LogP contribution in [-0.4, -0.2) is 25.4 Å². The van der Waals surface area contributed by atoms with Gasteiger partial charge in [-0.25, -0.2) is 22.2 Å². The van der Waals surface area contributed by atoms with Crippen molar-refractivity contribution < 1.29 is 27.5 Å². The number of hydrogen-bond acceptors (Lipinski definition) is 3. The molecule has 0 saturated heterocycles. The van der Waals surface area contributed by atoms with Crippen LogP contribution in [0.2, 0.25) is 0 Å². The molecular weight excluding hydrogens is 442 g/mol. The molecular formula is C23H17F4N3O3. The number of fused-ring (bicyclic) bond motifs is 1. The Kier molecular flexibility index (Phi) is 5.75. The molecule has 0 radical (unpaired) electrons. The second-order valence-corrected chi connectivity index (χ2v) is 7.56. The summed E-state index contributed by atoms with van der Waals surface area (Å²) in [5, 5.41) is 13.6. The van der Waals surface area contributed by atoms with Crippen LogP contribution in [0.3, 0.4) is 0 Å². The Labute approximate surface area is 184 Å². The second-order valence-electron chi connectivity index (χ2n) is 7.56. The number of aliphatic carboxylic acids is 1. The minimum Gasteiger partial charge on any atom is -0.480 e. The molecule has 0 aliphatic rings. The summed E-state index contributed by atoms with van der Waals surface area (Å²) in [7, 11) is 0. The molecule has 0 aliphatic carbocycles. The molecule has 0 aliphatic heterocycles. The molecule has 1 N–H and O–H groups in total. The Bertz CT molecular complexity index is 1460. The van der Waals surface area contributed by atoms with Crippen LogP contribution < -0.4 is 5.56 Å². The summed E-state index contributed by atoms with van der Waals surface area (Å²) in [6.07, 6.45) is 0.0318. The van der Waals surface area contributed by atoms with Gasteiger partial charge in [0.2, 0.25) is 0 Å². The molecule has 4 aromatic rings. The normalized spacial score (nSPS) is 11.3. The summed E-state index contributed by atoms with van der Waals surface area (Å²) < 4.78 is 57.9. The van der Waals surface area contributed by atoms with Crippen molar-refractivity contribution in [1.82, 2.24) is 14.3 Å². The van der Waals surface area contributed by atoms with Gasteiger partial charge < -0.3 is 9.67 Å². The van der Waals surface area contributed by atoms with Gasteiger partial charge in [0, 0.05) is 41.3 Å². The highest BCUT2D eigenvalue weighted by Gasteiger charge is 2.21. The maximum Gasteiger partial charge on any atom is 0.323 e. The third-order valence-electron chi connectivity index (χ3n) is 5.37. The first-order valence-electron chi connectivity index (χ1n) is 9.83. The fourth-order valence-corrected chi connectivity index (χ4v) is 3.84. The van der Waals surface area contributed by atoms with Gasteiger partial charge in [-0.2, -0.15) is 5.10 Å². The number of carboxylic acid groups (broad SMARTS) is 1. The standard InChI is InChI=1S/C23H17F4N3O3/c1-12-17(18-6-15(25)8-20(27)23(18)29(12)11-22(32)33)9-16-4-5-21(31)30(28-16)10-13-2-3-14(24)7-19(13)26/h2-8H,9-11H2,1H3,(H,32,33). The smallest absolute Gasteiger partial charge is 0.323 e. The molecule has 0 saturated carbocycles.